The van der Waals surface area contributed by atoms with Crippen molar-refractivity contribution < 1.29 is 13.2 Å². The standard InChI is InChI=1S/C26H32N4O3S/c1-29-18-26(27-19-29)34(31,32)28-17-21-7-8-22-9-10-25(30-11-13-33-14-12-30)24(23(22)16-21)15-20-5-3-2-4-6-20/h2-8,16,18-19,24-25,28H,9-15,17H2,1H3. The highest BCUT2D eigenvalue weighted by molar-refractivity contribution is 7.89. The summed E-state index contributed by atoms with van der Waals surface area (Å²) < 4.78 is 35.3. The molecule has 2 heterocycles. The van der Waals surface area contributed by atoms with E-state index in [1.807, 2.05) is 0 Å². The number of rotatable bonds is 7. The zero-order valence-corrected chi connectivity index (χ0v) is 20.4. The van der Waals surface area contributed by atoms with Crippen LogP contribution in [0.4, 0.5) is 0 Å². The van der Waals surface area contributed by atoms with Gasteiger partial charge in [0.2, 0.25) is 0 Å². The lowest BCUT2D eigenvalue weighted by molar-refractivity contribution is 0.00683. The normalized spacial score (nSPS) is 21.3. The van der Waals surface area contributed by atoms with Crippen LogP contribution in [0.25, 0.3) is 0 Å². The Morgan fingerprint density at radius 3 is 2.62 bits per heavy atom. The molecule has 0 radical (unpaired) electrons. The first-order valence-corrected chi connectivity index (χ1v) is 13.4. The van der Waals surface area contributed by atoms with Crippen LogP contribution in [-0.4, -0.2) is 55.2 Å². The minimum absolute atomic E-state index is 0.0438. The predicted octanol–water partition coefficient (Wildman–Crippen LogP) is 2.87. The van der Waals surface area contributed by atoms with E-state index in [2.05, 4.69) is 63.1 Å². The molecule has 8 heteroatoms. The lowest BCUT2D eigenvalue weighted by Crippen LogP contribution is -2.48. The molecule has 2 unspecified atom stereocenters. The molecule has 1 saturated heterocycles. The monoisotopic (exact) mass is 480 g/mol. The van der Waals surface area contributed by atoms with Crippen LogP contribution in [0.2, 0.25) is 0 Å². The van der Waals surface area contributed by atoms with Crippen molar-refractivity contribution in [1.29, 1.82) is 0 Å². The van der Waals surface area contributed by atoms with Crippen molar-refractivity contribution in [2.24, 2.45) is 7.05 Å². The molecule has 0 saturated carbocycles. The Morgan fingerprint density at radius 1 is 1.09 bits per heavy atom. The van der Waals surface area contributed by atoms with Gasteiger partial charge >= 0.3 is 0 Å². The molecule has 1 fully saturated rings. The Kier molecular flexibility index (Phi) is 6.83. The van der Waals surface area contributed by atoms with E-state index >= 15 is 0 Å². The van der Waals surface area contributed by atoms with Gasteiger partial charge < -0.3 is 9.30 Å². The maximum absolute atomic E-state index is 12.7. The van der Waals surface area contributed by atoms with Crippen molar-refractivity contribution in [2.45, 2.75) is 42.8 Å². The Hall–Kier alpha value is -2.52. The van der Waals surface area contributed by atoms with Gasteiger partial charge in [0, 0.05) is 44.8 Å². The Balaban J connectivity index is 1.41. The van der Waals surface area contributed by atoms with Gasteiger partial charge in [0.05, 0.1) is 19.5 Å². The quantitative estimate of drug-likeness (QED) is 0.563. The average Bonchev–Trinajstić information content (AvgIpc) is 3.31. The van der Waals surface area contributed by atoms with Gasteiger partial charge in [-0.15, -0.1) is 0 Å². The highest BCUT2D eigenvalue weighted by Crippen LogP contribution is 2.38. The van der Waals surface area contributed by atoms with Crippen molar-refractivity contribution in [3.63, 3.8) is 0 Å². The summed E-state index contributed by atoms with van der Waals surface area (Å²) in [5, 5.41) is 0.0438. The fraction of sp³-hybridized carbons (Fsp3) is 0.423. The lowest BCUT2D eigenvalue weighted by Gasteiger charge is -2.43. The largest absolute Gasteiger partial charge is 0.379 e. The molecular formula is C26H32N4O3S. The first-order chi connectivity index (χ1) is 16.5. The Morgan fingerprint density at radius 2 is 1.88 bits per heavy atom. The van der Waals surface area contributed by atoms with Gasteiger partial charge in [0.1, 0.15) is 0 Å². The fourth-order valence-electron chi connectivity index (χ4n) is 5.28. The average molecular weight is 481 g/mol. The molecule has 2 atom stereocenters. The number of fused-ring (bicyclic) bond motifs is 1. The van der Waals surface area contributed by atoms with Crippen LogP contribution in [0, 0.1) is 0 Å². The van der Waals surface area contributed by atoms with E-state index in [1.54, 1.807) is 11.6 Å². The number of morpholine rings is 1. The summed E-state index contributed by atoms with van der Waals surface area (Å²) in [4.78, 5) is 6.58. The van der Waals surface area contributed by atoms with Crippen LogP contribution >= 0.6 is 0 Å². The van der Waals surface area contributed by atoms with E-state index in [0.717, 1.165) is 51.1 Å². The van der Waals surface area contributed by atoms with Crippen molar-refractivity contribution in [1.82, 2.24) is 19.2 Å². The minimum atomic E-state index is -3.65. The molecule has 2 aromatic carbocycles. The van der Waals surface area contributed by atoms with E-state index in [9.17, 15) is 8.42 Å². The minimum Gasteiger partial charge on any atom is -0.379 e. The SMILES string of the molecule is Cn1cnc(S(=O)(=O)NCc2ccc3c(c2)C(Cc2ccccc2)C(N2CCOCC2)CC3)c1. The third kappa shape index (κ3) is 5.10. The van der Waals surface area contributed by atoms with Gasteiger partial charge in [-0.25, -0.2) is 18.1 Å². The molecule has 1 aliphatic carbocycles. The van der Waals surface area contributed by atoms with Crippen LogP contribution in [0.3, 0.4) is 0 Å². The summed E-state index contributed by atoms with van der Waals surface area (Å²) in [6.07, 6.45) is 6.16. The van der Waals surface area contributed by atoms with E-state index in [-0.39, 0.29) is 11.6 Å². The van der Waals surface area contributed by atoms with Crippen LogP contribution in [0.1, 0.15) is 34.6 Å². The molecule has 0 spiro atoms. The van der Waals surface area contributed by atoms with Crippen LogP contribution < -0.4 is 4.72 Å². The number of hydrogen-bond acceptors (Lipinski definition) is 5. The Bertz CT molecular complexity index is 1220. The number of sulfonamides is 1. The van der Waals surface area contributed by atoms with Crippen molar-refractivity contribution in [3.8, 4) is 0 Å². The van der Waals surface area contributed by atoms with Gasteiger partial charge in [-0.2, -0.15) is 0 Å². The number of aromatic nitrogens is 2. The molecule has 1 aromatic heterocycles. The van der Waals surface area contributed by atoms with Gasteiger partial charge in [-0.05, 0) is 41.5 Å². The fourth-order valence-corrected chi connectivity index (χ4v) is 6.27. The molecule has 3 aromatic rings. The number of ether oxygens (including phenoxy) is 1. The maximum atomic E-state index is 12.7. The molecule has 0 amide bonds. The number of benzene rings is 2. The van der Waals surface area contributed by atoms with Crippen LogP contribution in [-0.2, 0) is 41.2 Å². The zero-order valence-electron chi connectivity index (χ0n) is 19.6. The summed E-state index contributed by atoms with van der Waals surface area (Å²) >= 11 is 0. The van der Waals surface area contributed by atoms with E-state index < -0.39 is 10.0 Å². The summed E-state index contributed by atoms with van der Waals surface area (Å²) in [5.41, 5.74) is 5.03. The molecule has 5 rings (SSSR count). The van der Waals surface area contributed by atoms with Crippen molar-refractivity contribution in [2.75, 3.05) is 26.3 Å². The highest BCUT2D eigenvalue weighted by atomic mass is 32.2. The summed E-state index contributed by atoms with van der Waals surface area (Å²) in [7, 11) is -1.90. The summed E-state index contributed by atoms with van der Waals surface area (Å²) in [6.45, 7) is 3.75. The highest BCUT2D eigenvalue weighted by Gasteiger charge is 2.34. The predicted molar refractivity (Wildman–Crippen MR) is 131 cm³/mol. The molecule has 1 aliphatic heterocycles. The molecular weight excluding hydrogens is 448 g/mol. The van der Waals surface area contributed by atoms with E-state index in [4.69, 9.17) is 4.74 Å². The number of nitrogens with zero attached hydrogens (tertiary/aromatic N) is 3. The van der Waals surface area contributed by atoms with Gasteiger partial charge in [0.15, 0.2) is 5.03 Å². The first kappa shape index (κ1) is 23.2. The van der Waals surface area contributed by atoms with Crippen molar-refractivity contribution >= 4 is 10.0 Å². The molecule has 0 bridgehead atoms. The molecule has 34 heavy (non-hydrogen) atoms. The van der Waals surface area contributed by atoms with Gasteiger partial charge in [-0.3, -0.25) is 4.90 Å². The summed E-state index contributed by atoms with van der Waals surface area (Å²) in [5.74, 6) is 0.358. The third-order valence-corrected chi connectivity index (χ3v) is 8.31. The van der Waals surface area contributed by atoms with E-state index in [1.165, 1.54) is 29.2 Å². The second-order valence-electron chi connectivity index (χ2n) is 9.29. The number of hydrogen-bond donors (Lipinski definition) is 1. The second kappa shape index (κ2) is 10.00. The maximum Gasteiger partial charge on any atom is 0.259 e. The van der Waals surface area contributed by atoms with Crippen LogP contribution in [0.5, 0.6) is 0 Å². The Labute approximate surface area is 201 Å². The topological polar surface area (TPSA) is 76.5 Å². The smallest absolute Gasteiger partial charge is 0.259 e. The third-order valence-electron chi connectivity index (χ3n) is 7.02. The molecule has 7 nitrogen and oxygen atoms in total. The number of nitrogens with one attached hydrogen (secondary N) is 1. The molecule has 2 aliphatic rings. The van der Waals surface area contributed by atoms with Gasteiger partial charge in [0.25, 0.3) is 10.0 Å². The van der Waals surface area contributed by atoms with Gasteiger partial charge in [-0.1, -0.05) is 48.5 Å². The number of imidazole rings is 1. The first-order valence-electron chi connectivity index (χ1n) is 11.9. The lowest BCUT2D eigenvalue weighted by atomic mass is 9.75. The van der Waals surface area contributed by atoms with Crippen molar-refractivity contribution in [3.05, 3.63) is 83.3 Å². The van der Waals surface area contributed by atoms with E-state index in [0.29, 0.717) is 12.0 Å². The summed E-state index contributed by atoms with van der Waals surface area (Å²) in [6, 6.07) is 17.6. The second-order valence-corrected chi connectivity index (χ2v) is 11.0. The molecule has 180 valence electrons. The zero-order chi connectivity index (χ0) is 23.5. The number of aryl methyl sites for hydroxylation is 2. The van der Waals surface area contributed by atoms with Crippen LogP contribution in [0.15, 0.2) is 66.1 Å². The molecule has 1 N–H and O–H groups in total.